The largest absolute Gasteiger partial charge is 0.497 e. The Morgan fingerprint density at radius 1 is 1.11 bits per heavy atom. The Balaban J connectivity index is 1.52. The summed E-state index contributed by atoms with van der Waals surface area (Å²) in [5, 5.41) is 5.73. The van der Waals surface area contributed by atoms with Crippen molar-refractivity contribution in [3.05, 3.63) is 76.5 Å². The summed E-state index contributed by atoms with van der Waals surface area (Å²) in [5.74, 6) is 0.789. The van der Waals surface area contributed by atoms with Crippen molar-refractivity contribution in [1.29, 1.82) is 0 Å². The minimum atomic E-state index is -0.413. The van der Waals surface area contributed by atoms with E-state index in [1.807, 2.05) is 55.5 Å². The average Bonchev–Trinajstić information content (AvgIpc) is 3.02. The Hall–Kier alpha value is -3.28. The molecule has 2 aliphatic heterocycles. The minimum Gasteiger partial charge on any atom is -0.497 e. The molecule has 0 unspecified atom stereocenters. The van der Waals surface area contributed by atoms with Gasteiger partial charge in [-0.15, -0.1) is 0 Å². The van der Waals surface area contributed by atoms with Crippen molar-refractivity contribution in [3.63, 3.8) is 0 Å². The van der Waals surface area contributed by atoms with E-state index < -0.39 is 6.04 Å². The van der Waals surface area contributed by atoms with Gasteiger partial charge in [0.05, 0.1) is 31.0 Å². The number of hydrogen-bond donors (Lipinski definition) is 2. The van der Waals surface area contributed by atoms with Gasteiger partial charge in [0.15, 0.2) is 0 Å². The van der Waals surface area contributed by atoms with Crippen molar-refractivity contribution >= 4 is 11.9 Å². The maximum absolute atomic E-state index is 13.1. The first-order valence-corrected chi connectivity index (χ1v) is 9.35. The standard InChI is InChI=1S/C22H23N3O3/c1-14-5-3-4-6-17(14)20-19-18(23-22(27)24-20)13-25(21(19)26)12-11-15-7-9-16(28-2)10-8-15/h3-10,20H,11-13H2,1-2H3,(H2,23,24,27)/t20-/m1/s1. The summed E-state index contributed by atoms with van der Waals surface area (Å²) in [4.78, 5) is 27.1. The van der Waals surface area contributed by atoms with Crippen molar-refractivity contribution in [2.24, 2.45) is 0 Å². The highest BCUT2D eigenvalue weighted by atomic mass is 16.5. The molecule has 0 saturated heterocycles. The zero-order valence-electron chi connectivity index (χ0n) is 16.0. The molecule has 0 fully saturated rings. The van der Waals surface area contributed by atoms with Crippen molar-refractivity contribution in [3.8, 4) is 5.75 Å². The third kappa shape index (κ3) is 3.33. The fourth-order valence-electron chi connectivity index (χ4n) is 3.81. The molecular weight excluding hydrogens is 354 g/mol. The minimum absolute atomic E-state index is 0.0238. The van der Waals surface area contributed by atoms with E-state index in [4.69, 9.17) is 4.74 Å². The van der Waals surface area contributed by atoms with Gasteiger partial charge < -0.3 is 20.3 Å². The lowest BCUT2D eigenvalue weighted by molar-refractivity contribution is -0.125. The van der Waals surface area contributed by atoms with Crippen molar-refractivity contribution in [2.75, 3.05) is 20.2 Å². The van der Waals surface area contributed by atoms with E-state index in [1.54, 1.807) is 12.0 Å². The molecule has 2 N–H and O–H groups in total. The van der Waals surface area contributed by atoms with Crippen LogP contribution in [0.5, 0.6) is 5.75 Å². The number of nitrogens with one attached hydrogen (secondary N) is 2. The van der Waals surface area contributed by atoms with Crippen LogP contribution in [0, 0.1) is 6.92 Å². The molecule has 2 aromatic carbocycles. The zero-order chi connectivity index (χ0) is 19.7. The Morgan fingerprint density at radius 3 is 2.57 bits per heavy atom. The molecule has 144 valence electrons. The maximum Gasteiger partial charge on any atom is 0.319 e. The number of carbonyl (C=O) groups excluding carboxylic acids is 2. The van der Waals surface area contributed by atoms with Gasteiger partial charge in [0.2, 0.25) is 0 Å². The molecule has 3 amide bonds. The summed E-state index contributed by atoms with van der Waals surface area (Å²) in [7, 11) is 1.64. The van der Waals surface area contributed by atoms with Gasteiger partial charge in [-0.3, -0.25) is 4.79 Å². The highest BCUT2D eigenvalue weighted by molar-refractivity contribution is 6.01. The van der Waals surface area contributed by atoms with Crippen LogP contribution in [0.25, 0.3) is 0 Å². The van der Waals surface area contributed by atoms with Crippen LogP contribution < -0.4 is 15.4 Å². The molecule has 0 spiro atoms. The number of urea groups is 1. The number of benzene rings is 2. The number of hydrogen-bond acceptors (Lipinski definition) is 3. The number of methoxy groups -OCH3 is 1. The van der Waals surface area contributed by atoms with Gasteiger partial charge in [0.1, 0.15) is 5.75 Å². The van der Waals surface area contributed by atoms with Crippen molar-refractivity contribution in [2.45, 2.75) is 19.4 Å². The van der Waals surface area contributed by atoms with Crippen LogP contribution in [-0.4, -0.2) is 37.0 Å². The van der Waals surface area contributed by atoms with E-state index in [9.17, 15) is 9.59 Å². The lowest BCUT2D eigenvalue weighted by Crippen LogP contribution is -2.44. The lowest BCUT2D eigenvalue weighted by atomic mass is 9.93. The van der Waals surface area contributed by atoms with E-state index in [0.29, 0.717) is 24.4 Å². The molecule has 0 bridgehead atoms. The molecule has 28 heavy (non-hydrogen) atoms. The third-order valence-electron chi connectivity index (χ3n) is 5.35. The van der Waals surface area contributed by atoms with E-state index >= 15 is 0 Å². The van der Waals surface area contributed by atoms with Crippen LogP contribution in [0.3, 0.4) is 0 Å². The molecule has 2 aliphatic rings. The number of carbonyl (C=O) groups is 2. The molecule has 2 heterocycles. The molecule has 0 aliphatic carbocycles. The van der Waals surface area contributed by atoms with Crippen LogP contribution in [0.4, 0.5) is 4.79 Å². The second kappa shape index (κ2) is 7.38. The average molecular weight is 377 g/mol. The molecule has 1 atom stereocenters. The highest BCUT2D eigenvalue weighted by Gasteiger charge is 2.40. The first-order valence-electron chi connectivity index (χ1n) is 9.35. The summed E-state index contributed by atoms with van der Waals surface area (Å²) in [6.45, 7) is 3.01. The molecule has 0 aromatic heterocycles. The predicted molar refractivity (Wildman–Crippen MR) is 106 cm³/mol. The molecule has 6 heteroatoms. The van der Waals surface area contributed by atoms with Gasteiger partial charge in [-0.1, -0.05) is 36.4 Å². The molecule has 4 rings (SSSR count). The Morgan fingerprint density at radius 2 is 1.86 bits per heavy atom. The van der Waals surface area contributed by atoms with Crippen LogP contribution >= 0.6 is 0 Å². The number of rotatable bonds is 5. The number of nitrogens with zero attached hydrogens (tertiary/aromatic N) is 1. The first kappa shape index (κ1) is 18.1. The van der Waals surface area contributed by atoms with Gasteiger partial charge >= 0.3 is 6.03 Å². The van der Waals surface area contributed by atoms with E-state index in [-0.39, 0.29) is 11.9 Å². The van der Waals surface area contributed by atoms with Gasteiger partial charge in [-0.2, -0.15) is 0 Å². The summed E-state index contributed by atoms with van der Waals surface area (Å²) in [5.41, 5.74) is 4.48. The molecule has 0 radical (unpaired) electrons. The van der Waals surface area contributed by atoms with Crippen LogP contribution in [-0.2, 0) is 11.2 Å². The monoisotopic (exact) mass is 377 g/mol. The summed E-state index contributed by atoms with van der Waals surface area (Å²) < 4.78 is 5.18. The van der Waals surface area contributed by atoms with Gasteiger partial charge in [-0.25, -0.2) is 4.79 Å². The van der Waals surface area contributed by atoms with Crippen molar-refractivity contribution < 1.29 is 14.3 Å². The third-order valence-corrected chi connectivity index (χ3v) is 5.35. The van der Waals surface area contributed by atoms with Gasteiger partial charge in [0, 0.05) is 6.54 Å². The predicted octanol–water partition coefficient (Wildman–Crippen LogP) is 2.70. The topological polar surface area (TPSA) is 70.7 Å². The van der Waals surface area contributed by atoms with E-state index in [2.05, 4.69) is 10.6 Å². The Labute approximate surface area is 164 Å². The Kier molecular flexibility index (Phi) is 4.77. The summed E-state index contributed by atoms with van der Waals surface area (Å²) in [6.07, 6.45) is 0.743. The van der Waals surface area contributed by atoms with Gasteiger partial charge in [-0.05, 0) is 42.2 Å². The smallest absolute Gasteiger partial charge is 0.319 e. The summed E-state index contributed by atoms with van der Waals surface area (Å²) >= 11 is 0. The van der Waals surface area contributed by atoms with Gasteiger partial charge in [0.25, 0.3) is 5.91 Å². The second-order valence-electron chi connectivity index (χ2n) is 7.11. The SMILES string of the molecule is COc1ccc(CCN2CC3=C(C2=O)[C@@H](c2ccccc2C)NC(=O)N3)cc1. The number of ether oxygens (including phenoxy) is 1. The maximum atomic E-state index is 13.1. The van der Waals surface area contributed by atoms with Crippen LogP contribution in [0.15, 0.2) is 59.8 Å². The fraction of sp³-hybridized carbons (Fsp3) is 0.273. The molecule has 6 nitrogen and oxygen atoms in total. The number of aryl methyl sites for hydroxylation is 1. The zero-order valence-corrected chi connectivity index (χ0v) is 16.0. The highest BCUT2D eigenvalue weighted by Crippen LogP contribution is 2.33. The molecule has 2 aromatic rings. The second-order valence-corrected chi connectivity index (χ2v) is 7.11. The van der Waals surface area contributed by atoms with Crippen LogP contribution in [0.1, 0.15) is 22.7 Å². The first-order chi connectivity index (χ1) is 13.6. The molecule has 0 saturated carbocycles. The van der Waals surface area contributed by atoms with E-state index in [0.717, 1.165) is 28.9 Å². The lowest BCUT2D eigenvalue weighted by Gasteiger charge is -2.26. The quantitative estimate of drug-likeness (QED) is 0.842. The molecular formula is C22H23N3O3. The van der Waals surface area contributed by atoms with Crippen molar-refractivity contribution in [1.82, 2.24) is 15.5 Å². The summed E-state index contributed by atoms with van der Waals surface area (Å²) in [6, 6.07) is 15.0. The Bertz CT molecular complexity index is 950. The van der Waals surface area contributed by atoms with E-state index in [1.165, 1.54) is 0 Å². The number of amides is 3. The van der Waals surface area contributed by atoms with Crippen LogP contribution in [0.2, 0.25) is 0 Å². The fourth-order valence-corrected chi connectivity index (χ4v) is 3.81. The normalized spacial score (nSPS) is 18.6.